The van der Waals surface area contributed by atoms with Crippen LogP contribution in [0.1, 0.15) is 33.1 Å². The van der Waals surface area contributed by atoms with Crippen LogP contribution in [0.25, 0.3) is 0 Å². The summed E-state index contributed by atoms with van der Waals surface area (Å²) in [6, 6.07) is 0. The zero-order valence-corrected chi connectivity index (χ0v) is 10.4. The summed E-state index contributed by atoms with van der Waals surface area (Å²) in [5.41, 5.74) is 0.0482. The van der Waals surface area contributed by atoms with Gasteiger partial charge < -0.3 is 14.6 Å². The van der Waals surface area contributed by atoms with Gasteiger partial charge in [0.25, 0.3) is 0 Å². The van der Waals surface area contributed by atoms with Gasteiger partial charge in [0.15, 0.2) is 5.79 Å². The predicted octanol–water partition coefficient (Wildman–Crippen LogP) is 1.85. The lowest BCUT2D eigenvalue weighted by molar-refractivity contribution is -0.154. The number of hydrogen-bond acceptors (Lipinski definition) is 3. The molecule has 4 aliphatic carbocycles. The number of ether oxygens (including phenoxy) is 2. The summed E-state index contributed by atoms with van der Waals surface area (Å²) in [6.45, 7) is 4.00. The number of rotatable bonds is 0. The third kappa shape index (κ3) is 1.18. The summed E-state index contributed by atoms with van der Waals surface area (Å²) in [5.74, 6) is 0.354. The lowest BCUT2D eigenvalue weighted by atomic mass is 9.57. The molecule has 0 aromatic carbocycles. The van der Waals surface area contributed by atoms with Crippen molar-refractivity contribution in [3.05, 3.63) is 12.2 Å². The van der Waals surface area contributed by atoms with Gasteiger partial charge in [-0.05, 0) is 39.0 Å². The highest BCUT2D eigenvalue weighted by molar-refractivity contribution is 5.26. The molecule has 2 bridgehead atoms. The molecule has 6 atom stereocenters. The van der Waals surface area contributed by atoms with Gasteiger partial charge in [0.2, 0.25) is 0 Å². The van der Waals surface area contributed by atoms with Crippen LogP contribution in [0.2, 0.25) is 0 Å². The first-order valence-electron chi connectivity index (χ1n) is 6.75. The van der Waals surface area contributed by atoms with Gasteiger partial charge in [-0.15, -0.1) is 0 Å². The maximum atomic E-state index is 10.2. The number of aliphatic hydroxyl groups excluding tert-OH is 1. The largest absolute Gasteiger partial charge is 0.393 e. The third-order valence-corrected chi connectivity index (χ3v) is 5.29. The molecule has 17 heavy (non-hydrogen) atoms. The molecule has 1 aliphatic heterocycles. The first-order valence-corrected chi connectivity index (χ1v) is 6.75. The summed E-state index contributed by atoms with van der Waals surface area (Å²) in [4.78, 5) is 0. The van der Waals surface area contributed by atoms with Crippen LogP contribution in [0.3, 0.4) is 0 Å². The van der Waals surface area contributed by atoms with Gasteiger partial charge in [-0.25, -0.2) is 0 Å². The molecule has 1 heterocycles. The Balaban J connectivity index is 1.79. The summed E-state index contributed by atoms with van der Waals surface area (Å²) in [7, 11) is 0. The van der Waals surface area contributed by atoms with E-state index in [-0.39, 0.29) is 23.7 Å². The van der Waals surface area contributed by atoms with Crippen molar-refractivity contribution in [2.75, 3.05) is 0 Å². The van der Waals surface area contributed by atoms with E-state index in [2.05, 4.69) is 12.2 Å². The van der Waals surface area contributed by atoms with E-state index in [0.717, 1.165) is 19.3 Å². The van der Waals surface area contributed by atoms with Crippen molar-refractivity contribution in [2.45, 2.75) is 57.2 Å². The smallest absolute Gasteiger partial charge is 0.163 e. The van der Waals surface area contributed by atoms with Crippen molar-refractivity contribution >= 4 is 0 Å². The molecular formula is C14H20O3. The monoisotopic (exact) mass is 236 g/mol. The Hall–Kier alpha value is -0.380. The van der Waals surface area contributed by atoms with Crippen LogP contribution in [0, 0.1) is 17.3 Å². The molecule has 5 aliphatic rings. The highest BCUT2D eigenvalue weighted by Crippen LogP contribution is 2.62. The molecule has 94 valence electrons. The molecule has 0 aromatic heterocycles. The van der Waals surface area contributed by atoms with Crippen LogP contribution in [-0.4, -0.2) is 29.2 Å². The Morgan fingerprint density at radius 2 is 2.12 bits per heavy atom. The lowest BCUT2D eigenvalue weighted by Gasteiger charge is -2.51. The molecule has 1 spiro atoms. The fourth-order valence-electron chi connectivity index (χ4n) is 4.61. The van der Waals surface area contributed by atoms with E-state index < -0.39 is 5.79 Å². The van der Waals surface area contributed by atoms with Gasteiger partial charge in [-0.3, -0.25) is 0 Å². The van der Waals surface area contributed by atoms with Crippen LogP contribution < -0.4 is 0 Å². The minimum absolute atomic E-state index is 0.0482. The van der Waals surface area contributed by atoms with Gasteiger partial charge in [-0.2, -0.15) is 0 Å². The maximum absolute atomic E-state index is 10.2. The average molecular weight is 236 g/mol. The molecule has 0 aromatic rings. The Bertz CT molecular complexity index is 389. The van der Waals surface area contributed by atoms with E-state index in [1.165, 1.54) is 0 Å². The lowest BCUT2D eigenvalue weighted by Crippen LogP contribution is -2.55. The highest BCUT2D eigenvalue weighted by atomic mass is 16.8. The zero-order valence-electron chi connectivity index (χ0n) is 10.4. The number of aliphatic hydroxyl groups is 1. The van der Waals surface area contributed by atoms with Crippen LogP contribution >= 0.6 is 0 Å². The molecule has 0 amide bonds. The Labute approximate surface area is 102 Å². The quantitative estimate of drug-likeness (QED) is 0.652. The summed E-state index contributed by atoms with van der Waals surface area (Å²) in [6.07, 6.45) is 7.88. The van der Waals surface area contributed by atoms with Crippen molar-refractivity contribution in [3.63, 3.8) is 0 Å². The molecule has 2 saturated carbocycles. The van der Waals surface area contributed by atoms with E-state index >= 15 is 0 Å². The molecule has 3 nitrogen and oxygen atoms in total. The fraction of sp³-hybridized carbons (Fsp3) is 0.857. The zero-order chi connectivity index (χ0) is 11.8. The Kier molecular flexibility index (Phi) is 1.83. The van der Waals surface area contributed by atoms with E-state index in [0.29, 0.717) is 11.8 Å². The summed E-state index contributed by atoms with van der Waals surface area (Å²) in [5, 5.41) is 10.2. The second-order valence-corrected chi connectivity index (χ2v) is 6.60. The van der Waals surface area contributed by atoms with Crippen molar-refractivity contribution in [2.24, 2.45) is 17.3 Å². The first kappa shape index (κ1) is 10.5. The second kappa shape index (κ2) is 2.95. The van der Waals surface area contributed by atoms with Crippen molar-refractivity contribution < 1.29 is 14.6 Å². The van der Waals surface area contributed by atoms with E-state index in [1.807, 2.05) is 13.8 Å². The standard InChI is InChI=1S/C14H20O3/c1-13(2)16-11-8-3-5-14(12(11)17-13)6-4-10(15)9(14)7-8/h3,5,8-12,15H,4,6-7H2,1-2H3/t8-,9-,10-,11+,12+,14-/m1/s1. The fourth-order valence-corrected chi connectivity index (χ4v) is 4.61. The maximum Gasteiger partial charge on any atom is 0.163 e. The minimum Gasteiger partial charge on any atom is -0.393 e. The van der Waals surface area contributed by atoms with Gasteiger partial charge >= 0.3 is 0 Å². The van der Waals surface area contributed by atoms with Crippen LogP contribution in [-0.2, 0) is 9.47 Å². The normalized spacial score (nSPS) is 58.2. The van der Waals surface area contributed by atoms with E-state index in [1.54, 1.807) is 0 Å². The molecule has 1 saturated heterocycles. The minimum atomic E-state index is -0.463. The molecular weight excluding hydrogens is 216 g/mol. The summed E-state index contributed by atoms with van der Waals surface area (Å²) >= 11 is 0. The average Bonchev–Trinajstić information content (AvgIpc) is 2.78. The Morgan fingerprint density at radius 1 is 1.29 bits per heavy atom. The van der Waals surface area contributed by atoms with Gasteiger partial charge in [0.05, 0.1) is 18.3 Å². The van der Waals surface area contributed by atoms with Crippen LogP contribution in [0.15, 0.2) is 12.2 Å². The van der Waals surface area contributed by atoms with Gasteiger partial charge in [0, 0.05) is 11.3 Å². The van der Waals surface area contributed by atoms with Crippen molar-refractivity contribution in [3.8, 4) is 0 Å². The third-order valence-electron chi connectivity index (χ3n) is 5.29. The topological polar surface area (TPSA) is 38.7 Å². The molecule has 3 heteroatoms. The van der Waals surface area contributed by atoms with Crippen LogP contribution in [0.5, 0.6) is 0 Å². The highest BCUT2D eigenvalue weighted by Gasteiger charge is 2.65. The molecule has 3 fully saturated rings. The first-order chi connectivity index (χ1) is 8.02. The van der Waals surface area contributed by atoms with E-state index in [4.69, 9.17) is 9.47 Å². The SMILES string of the molecule is CC1(C)O[C@H]2[C@@H]3C=C[C@]4(CC[C@@H](O)[C@H]4C3)[C@H]2O1. The van der Waals surface area contributed by atoms with Gasteiger partial charge in [-0.1, -0.05) is 12.2 Å². The Morgan fingerprint density at radius 3 is 2.94 bits per heavy atom. The van der Waals surface area contributed by atoms with E-state index in [9.17, 15) is 5.11 Å². The molecule has 0 unspecified atom stereocenters. The summed E-state index contributed by atoms with van der Waals surface area (Å²) < 4.78 is 12.2. The predicted molar refractivity (Wildman–Crippen MR) is 62.2 cm³/mol. The molecule has 1 N–H and O–H groups in total. The van der Waals surface area contributed by atoms with Crippen LogP contribution in [0.4, 0.5) is 0 Å². The van der Waals surface area contributed by atoms with Crippen molar-refractivity contribution in [1.82, 2.24) is 0 Å². The molecule has 5 rings (SSSR count). The second-order valence-electron chi connectivity index (χ2n) is 6.60. The molecule has 0 radical (unpaired) electrons. The van der Waals surface area contributed by atoms with Gasteiger partial charge in [0.1, 0.15) is 0 Å². The number of hydrogen-bond donors (Lipinski definition) is 1. The van der Waals surface area contributed by atoms with Crippen molar-refractivity contribution in [1.29, 1.82) is 0 Å².